The van der Waals surface area contributed by atoms with Gasteiger partial charge in [0, 0.05) is 19.7 Å². The van der Waals surface area contributed by atoms with Crippen LogP contribution in [0.3, 0.4) is 0 Å². The van der Waals surface area contributed by atoms with Crippen molar-refractivity contribution in [3.63, 3.8) is 0 Å². The molecule has 0 spiro atoms. The Morgan fingerprint density at radius 3 is 3.14 bits per heavy atom. The van der Waals surface area contributed by atoms with Gasteiger partial charge in [-0.2, -0.15) is 5.10 Å². The lowest BCUT2D eigenvalue weighted by Gasteiger charge is -2.04. The van der Waals surface area contributed by atoms with Gasteiger partial charge < -0.3 is 10.6 Å². The third kappa shape index (κ3) is 3.02. The molecule has 76 valence electrons. The van der Waals surface area contributed by atoms with Gasteiger partial charge in [-0.1, -0.05) is 6.08 Å². The Morgan fingerprint density at radius 2 is 2.57 bits per heavy atom. The van der Waals surface area contributed by atoms with E-state index in [1.54, 1.807) is 30.1 Å². The normalized spacial score (nSPS) is 9.79. The van der Waals surface area contributed by atoms with Gasteiger partial charge in [0.15, 0.2) is 0 Å². The Bertz CT molecular complexity index is 318. The zero-order valence-electron chi connectivity index (χ0n) is 8.16. The van der Waals surface area contributed by atoms with Crippen molar-refractivity contribution in [2.45, 2.75) is 0 Å². The van der Waals surface area contributed by atoms with Crippen molar-refractivity contribution >= 4 is 11.7 Å². The summed E-state index contributed by atoms with van der Waals surface area (Å²) in [6.07, 6.45) is 3.34. The molecular weight excluding hydrogens is 180 g/mol. The summed E-state index contributed by atoms with van der Waals surface area (Å²) >= 11 is 0. The number of rotatable bonds is 5. The minimum absolute atomic E-state index is 0.0875. The molecule has 2 N–H and O–H groups in total. The minimum Gasteiger partial charge on any atom is -0.310 e. The van der Waals surface area contributed by atoms with Crippen LogP contribution in [0.25, 0.3) is 0 Å². The number of aryl methyl sites for hydroxylation is 1. The predicted octanol–water partition coefficient (Wildman–Crippen LogP) is 0.134. The van der Waals surface area contributed by atoms with Gasteiger partial charge in [-0.15, -0.1) is 6.58 Å². The average molecular weight is 194 g/mol. The fraction of sp³-hybridized carbons (Fsp3) is 0.333. The highest BCUT2D eigenvalue weighted by atomic mass is 16.2. The number of carbonyl (C=O) groups excluding carboxylic acids is 1. The molecule has 0 aromatic carbocycles. The van der Waals surface area contributed by atoms with E-state index in [1.165, 1.54) is 0 Å². The van der Waals surface area contributed by atoms with Crippen LogP contribution in [0.4, 0.5) is 5.82 Å². The number of hydrogen-bond donors (Lipinski definition) is 2. The Labute approximate surface area is 82.8 Å². The third-order valence-electron chi connectivity index (χ3n) is 1.66. The summed E-state index contributed by atoms with van der Waals surface area (Å²) in [5, 5.41) is 9.55. The zero-order valence-corrected chi connectivity index (χ0v) is 8.16. The van der Waals surface area contributed by atoms with E-state index in [9.17, 15) is 4.79 Å². The van der Waals surface area contributed by atoms with Crippen molar-refractivity contribution in [2.75, 3.05) is 18.4 Å². The highest BCUT2D eigenvalue weighted by Gasteiger charge is 2.03. The van der Waals surface area contributed by atoms with Crippen LogP contribution >= 0.6 is 0 Å². The number of carbonyl (C=O) groups is 1. The quantitative estimate of drug-likeness (QED) is 0.517. The number of amides is 1. The maximum absolute atomic E-state index is 11.3. The lowest BCUT2D eigenvalue weighted by Crippen LogP contribution is -2.28. The summed E-state index contributed by atoms with van der Waals surface area (Å²) in [7, 11) is 1.77. The molecule has 0 fully saturated rings. The van der Waals surface area contributed by atoms with Gasteiger partial charge in [0.05, 0.1) is 12.7 Å². The molecule has 1 aromatic heterocycles. The van der Waals surface area contributed by atoms with E-state index in [4.69, 9.17) is 0 Å². The van der Waals surface area contributed by atoms with E-state index in [2.05, 4.69) is 22.3 Å². The zero-order chi connectivity index (χ0) is 10.4. The van der Waals surface area contributed by atoms with Crippen LogP contribution in [0.2, 0.25) is 0 Å². The average Bonchev–Trinajstić information content (AvgIpc) is 2.52. The molecule has 0 radical (unpaired) electrons. The van der Waals surface area contributed by atoms with Crippen molar-refractivity contribution in [3.8, 4) is 0 Å². The molecule has 1 rings (SSSR count). The Hall–Kier alpha value is -1.62. The largest absolute Gasteiger partial charge is 0.310 e. The van der Waals surface area contributed by atoms with Gasteiger partial charge >= 0.3 is 0 Å². The summed E-state index contributed by atoms with van der Waals surface area (Å²) in [6, 6.07) is 1.74. The molecule has 14 heavy (non-hydrogen) atoms. The first-order chi connectivity index (χ1) is 6.74. The van der Waals surface area contributed by atoms with Crippen LogP contribution in [0, 0.1) is 0 Å². The van der Waals surface area contributed by atoms with Gasteiger partial charge in [0.25, 0.3) is 0 Å². The lowest BCUT2D eigenvalue weighted by molar-refractivity contribution is -0.115. The molecular formula is C9H14N4O. The van der Waals surface area contributed by atoms with Crippen molar-refractivity contribution in [1.82, 2.24) is 15.1 Å². The Kier molecular flexibility index (Phi) is 3.87. The molecule has 0 bridgehead atoms. The molecule has 0 aliphatic heterocycles. The highest BCUT2D eigenvalue weighted by Crippen LogP contribution is 2.01. The fourth-order valence-electron chi connectivity index (χ4n) is 0.971. The second-order valence-electron chi connectivity index (χ2n) is 2.81. The van der Waals surface area contributed by atoms with Crippen LogP contribution < -0.4 is 10.6 Å². The molecule has 0 aliphatic rings. The van der Waals surface area contributed by atoms with Crippen molar-refractivity contribution in [2.24, 2.45) is 7.05 Å². The molecule has 0 unspecified atom stereocenters. The summed E-state index contributed by atoms with van der Waals surface area (Å²) < 4.78 is 1.60. The van der Waals surface area contributed by atoms with Gasteiger partial charge in [0.2, 0.25) is 5.91 Å². The Morgan fingerprint density at radius 1 is 1.79 bits per heavy atom. The van der Waals surface area contributed by atoms with Crippen LogP contribution in [0.1, 0.15) is 0 Å². The van der Waals surface area contributed by atoms with E-state index in [-0.39, 0.29) is 12.5 Å². The highest BCUT2D eigenvalue weighted by molar-refractivity contribution is 5.91. The minimum atomic E-state index is -0.0875. The van der Waals surface area contributed by atoms with E-state index < -0.39 is 0 Å². The topological polar surface area (TPSA) is 59.0 Å². The van der Waals surface area contributed by atoms with Crippen LogP contribution in [0.5, 0.6) is 0 Å². The van der Waals surface area contributed by atoms with Crippen molar-refractivity contribution in [1.29, 1.82) is 0 Å². The van der Waals surface area contributed by atoms with E-state index in [0.717, 1.165) is 0 Å². The molecule has 5 heteroatoms. The first-order valence-electron chi connectivity index (χ1n) is 4.33. The number of nitrogens with zero attached hydrogens (tertiary/aromatic N) is 2. The molecule has 0 saturated carbocycles. The number of aromatic nitrogens is 2. The third-order valence-corrected chi connectivity index (χ3v) is 1.66. The van der Waals surface area contributed by atoms with Crippen LogP contribution in [-0.4, -0.2) is 28.8 Å². The maximum Gasteiger partial charge on any atom is 0.239 e. The molecule has 1 aromatic rings. The van der Waals surface area contributed by atoms with Gasteiger partial charge in [-0.3, -0.25) is 9.48 Å². The predicted molar refractivity (Wildman–Crippen MR) is 54.9 cm³/mol. The second kappa shape index (κ2) is 5.18. The molecule has 5 nitrogen and oxygen atoms in total. The van der Waals surface area contributed by atoms with E-state index in [0.29, 0.717) is 12.4 Å². The second-order valence-corrected chi connectivity index (χ2v) is 2.81. The number of hydrogen-bond acceptors (Lipinski definition) is 3. The standard InChI is InChI=1S/C9H14N4O/c1-3-5-10-7-9(14)12-8-4-6-11-13(8)2/h3-4,6,10H,1,5,7H2,2H3,(H,12,14). The number of nitrogens with one attached hydrogen (secondary N) is 2. The van der Waals surface area contributed by atoms with Crippen molar-refractivity contribution < 1.29 is 4.79 Å². The van der Waals surface area contributed by atoms with E-state index >= 15 is 0 Å². The van der Waals surface area contributed by atoms with Gasteiger partial charge in [0.1, 0.15) is 5.82 Å². The summed E-state index contributed by atoms with van der Waals surface area (Å²) in [4.78, 5) is 11.3. The van der Waals surface area contributed by atoms with Crippen LogP contribution in [-0.2, 0) is 11.8 Å². The molecule has 0 atom stereocenters. The summed E-state index contributed by atoms with van der Waals surface area (Å²) in [5.74, 6) is 0.603. The summed E-state index contributed by atoms with van der Waals surface area (Å²) in [5.41, 5.74) is 0. The maximum atomic E-state index is 11.3. The smallest absolute Gasteiger partial charge is 0.239 e. The molecule has 0 saturated heterocycles. The van der Waals surface area contributed by atoms with Crippen LogP contribution in [0.15, 0.2) is 24.9 Å². The first-order valence-corrected chi connectivity index (χ1v) is 4.33. The monoisotopic (exact) mass is 194 g/mol. The first kappa shape index (κ1) is 10.5. The molecule has 1 amide bonds. The van der Waals surface area contributed by atoms with E-state index in [1.807, 2.05) is 0 Å². The molecule has 1 heterocycles. The Balaban J connectivity index is 2.34. The SMILES string of the molecule is C=CCNCC(=O)Nc1ccnn1C. The van der Waals surface area contributed by atoms with Crippen molar-refractivity contribution in [3.05, 3.63) is 24.9 Å². The number of anilines is 1. The lowest BCUT2D eigenvalue weighted by atomic mass is 10.5. The van der Waals surface area contributed by atoms with Gasteiger partial charge in [-0.25, -0.2) is 0 Å². The summed E-state index contributed by atoms with van der Waals surface area (Å²) in [6.45, 7) is 4.44. The fourth-order valence-corrected chi connectivity index (χ4v) is 0.971. The molecule has 0 aliphatic carbocycles. The van der Waals surface area contributed by atoms with Gasteiger partial charge in [-0.05, 0) is 0 Å².